The highest BCUT2D eigenvalue weighted by atomic mass is 16.2. The number of likely N-dealkylation sites (tertiary alicyclic amines) is 2. The number of nitrogens with zero attached hydrogens (tertiary/aromatic N) is 2. The topological polar surface area (TPSA) is 52.7 Å². The number of carbonyl (C=O) groups is 2. The van der Waals surface area contributed by atoms with Crippen molar-refractivity contribution in [2.45, 2.75) is 58.0 Å². The van der Waals surface area contributed by atoms with Crippen molar-refractivity contribution < 1.29 is 9.59 Å². The maximum atomic E-state index is 12.4. The van der Waals surface area contributed by atoms with Gasteiger partial charge in [0.05, 0.1) is 12.5 Å². The molecule has 2 saturated heterocycles. The van der Waals surface area contributed by atoms with Crippen molar-refractivity contribution in [3.63, 3.8) is 0 Å². The van der Waals surface area contributed by atoms with Crippen LogP contribution in [0, 0.1) is 5.92 Å². The number of rotatable bonds is 6. The van der Waals surface area contributed by atoms with Crippen LogP contribution in [0.4, 0.5) is 0 Å². The lowest BCUT2D eigenvalue weighted by Gasteiger charge is -2.29. The van der Waals surface area contributed by atoms with Gasteiger partial charge in [-0.3, -0.25) is 14.5 Å². The molecule has 0 spiro atoms. The molecule has 0 aliphatic carbocycles. The minimum Gasteiger partial charge on any atom is -0.306 e. The summed E-state index contributed by atoms with van der Waals surface area (Å²) in [6, 6.07) is -0.224. The van der Waals surface area contributed by atoms with Gasteiger partial charge in [0.2, 0.25) is 11.8 Å². The van der Waals surface area contributed by atoms with Crippen molar-refractivity contribution in [2.24, 2.45) is 5.92 Å². The molecule has 2 fully saturated rings. The highest BCUT2D eigenvalue weighted by Crippen LogP contribution is 2.21. The van der Waals surface area contributed by atoms with Gasteiger partial charge in [0.15, 0.2) is 0 Å². The summed E-state index contributed by atoms with van der Waals surface area (Å²) in [5.41, 5.74) is 0. The monoisotopic (exact) mass is 295 g/mol. The first-order chi connectivity index (χ1) is 10.1. The average molecular weight is 295 g/mol. The van der Waals surface area contributed by atoms with Crippen molar-refractivity contribution in [3.8, 4) is 0 Å². The van der Waals surface area contributed by atoms with Gasteiger partial charge in [-0.15, -0.1) is 0 Å². The second-order valence-electron chi connectivity index (χ2n) is 6.48. The van der Waals surface area contributed by atoms with E-state index in [0.29, 0.717) is 12.3 Å². The van der Waals surface area contributed by atoms with Crippen LogP contribution in [0.3, 0.4) is 0 Å². The summed E-state index contributed by atoms with van der Waals surface area (Å²) in [5.74, 6) is 0.613. The fraction of sp³-hybridized carbons (Fsp3) is 0.875. The molecule has 2 amide bonds. The number of imide groups is 1. The van der Waals surface area contributed by atoms with E-state index in [-0.39, 0.29) is 23.9 Å². The Hall–Kier alpha value is -0.940. The van der Waals surface area contributed by atoms with Crippen molar-refractivity contribution in [1.82, 2.24) is 15.1 Å². The molecule has 1 unspecified atom stereocenters. The van der Waals surface area contributed by atoms with Crippen LogP contribution in [-0.2, 0) is 9.59 Å². The fourth-order valence-electron chi connectivity index (χ4n) is 3.42. The van der Waals surface area contributed by atoms with Gasteiger partial charge in [0.1, 0.15) is 0 Å². The molecule has 5 nitrogen and oxygen atoms in total. The zero-order valence-electron chi connectivity index (χ0n) is 13.6. The fourth-order valence-corrected chi connectivity index (χ4v) is 3.42. The normalized spacial score (nSPS) is 25.3. The molecule has 1 N–H and O–H groups in total. The van der Waals surface area contributed by atoms with E-state index in [1.54, 1.807) is 0 Å². The predicted octanol–water partition coefficient (Wildman–Crippen LogP) is 1.23. The van der Waals surface area contributed by atoms with E-state index < -0.39 is 0 Å². The van der Waals surface area contributed by atoms with Gasteiger partial charge in [0, 0.05) is 6.04 Å². The minimum absolute atomic E-state index is 0.00502. The molecule has 2 aliphatic heterocycles. The Morgan fingerprint density at radius 2 is 1.81 bits per heavy atom. The zero-order valence-corrected chi connectivity index (χ0v) is 13.6. The van der Waals surface area contributed by atoms with Gasteiger partial charge in [-0.2, -0.15) is 0 Å². The number of hydrogen-bond acceptors (Lipinski definition) is 4. The molecule has 0 aromatic carbocycles. The van der Waals surface area contributed by atoms with E-state index in [0.717, 1.165) is 32.5 Å². The molecule has 2 heterocycles. The van der Waals surface area contributed by atoms with Crippen LogP contribution in [0.25, 0.3) is 0 Å². The highest BCUT2D eigenvalue weighted by Gasteiger charge is 2.41. The van der Waals surface area contributed by atoms with Gasteiger partial charge in [0.25, 0.3) is 0 Å². The number of piperidine rings is 1. The van der Waals surface area contributed by atoms with Crippen LogP contribution in [-0.4, -0.2) is 60.4 Å². The number of amides is 2. The summed E-state index contributed by atoms with van der Waals surface area (Å²) in [4.78, 5) is 28.4. The summed E-state index contributed by atoms with van der Waals surface area (Å²) >= 11 is 0. The Bertz CT molecular complexity index is 374. The highest BCUT2D eigenvalue weighted by molar-refractivity contribution is 6.05. The molecular formula is C16H29N3O2. The van der Waals surface area contributed by atoms with Gasteiger partial charge in [-0.1, -0.05) is 13.8 Å². The first-order valence-corrected chi connectivity index (χ1v) is 8.34. The van der Waals surface area contributed by atoms with Crippen molar-refractivity contribution in [1.29, 1.82) is 0 Å². The summed E-state index contributed by atoms with van der Waals surface area (Å²) < 4.78 is 0. The number of carbonyl (C=O) groups excluding carboxylic acids is 2. The molecule has 1 atom stereocenters. The third-order valence-electron chi connectivity index (χ3n) is 4.98. The van der Waals surface area contributed by atoms with Gasteiger partial charge < -0.3 is 10.2 Å². The number of nitrogens with one attached hydrogen (secondary N) is 1. The Labute approximate surface area is 128 Å². The Kier molecular flexibility index (Phi) is 5.76. The molecule has 0 bridgehead atoms. The van der Waals surface area contributed by atoms with E-state index in [1.807, 2.05) is 13.8 Å². The maximum Gasteiger partial charge on any atom is 0.247 e. The van der Waals surface area contributed by atoms with E-state index in [1.165, 1.54) is 17.7 Å². The minimum atomic E-state index is -0.294. The summed E-state index contributed by atoms with van der Waals surface area (Å²) in [7, 11) is 2.15. The Morgan fingerprint density at radius 3 is 2.38 bits per heavy atom. The predicted molar refractivity (Wildman–Crippen MR) is 82.9 cm³/mol. The lowest BCUT2D eigenvalue weighted by Crippen LogP contribution is -2.45. The quantitative estimate of drug-likeness (QED) is 0.749. The molecule has 21 heavy (non-hydrogen) atoms. The third-order valence-corrected chi connectivity index (χ3v) is 4.98. The summed E-state index contributed by atoms with van der Waals surface area (Å²) in [6.07, 6.45) is 4.37. The van der Waals surface area contributed by atoms with Gasteiger partial charge in [-0.25, -0.2) is 0 Å². The summed E-state index contributed by atoms with van der Waals surface area (Å²) in [6.45, 7) is 7.18. The summed E-state index contributed by atoms with van der Waals surface area (Å²) in [5, 5.41) is 3.35. The Balaban J connectivity index is 1.85. The second-order valence-corrected chi connectivity index (χ2v) is 6.48. The van der Waals surface area contributed by atoms with Crippen LogP contribution in [0.1, 0.15) is 46.0 Å². The van der Waals surface area contributed by atoms with E-state index in [4.69, 9.17) is 0 Å². The van der Waals surface area contributed by atoms with Crippen LogP contribution in [0.15, 0.2) is 0 Å². The van der Waals surface area contributed by atoms with Gasteiger partial charge in [-0.05, 0) is 58.3 Å². The third kappa shape index (κ3) is 3.83. The molecule has 0 aromatic rings. The number of hydrogen-bond donors (Lipinski definition) is 1. The van der Waals surface area contributed by atoms with E-state index in [2.05, 4.69) is 17.3 Å². The molecule has 0 radical (unpaired) electrons. The van der Waals surface area contributed by atoms with Crippen molar-refractivity contribution in [3.05, 3.63) is 0 Å². The SMILES string of the molecule is CCC(CC)N1C(=O)CC(NCC2CCN(C)CC2)C1=O. The average Bonchev–Trinajstić information content (AvgIpc) is 2.76. The van der Waals surface area contributed by atoms with Gasteiger partial charge >= 0.3 is 0 Å². The zero-order chi connectivity index (χ0) is 15.4. The molecule has 120 valence electrons. The molecule has 0 saturated carbocycles. The molecule has 5 heteroatoms. The van der Waals surface area contributed by atoms with Crippen molar-refractivity contribution >= 4 is 11.8 Å². The maximum absolute atomic E-state index is 12.4. The largest absolute Gasteiger partial charge is 0.306 e. The lowest BCUT2D eigenvalue weighted by molar-refractivity contribution is -0.141. The van der Waals surface area contributed by atoms with Crippen LogP contribution < -0.4 is 5.32 Å². The van der Waals surface area contributed by atoms with E-state index in [9.17, 15) is 9.59 Å². The first kappa shape index (κ1) is 16.4. The van der Waals surface area contributed by atoms with E-state index >= 15 is 0 Å². The molecule has 0 aromatic heterocycles. The Morgan fingerprint density at radius 1 is 1.19 bits per heavy atom. The lowest BCUT2D eigenvalue weighted by atomic mass is 9.97. The molecule has 2 aliphatic rings. The molecule has 2 rings (SSSR count). The van der Waals surface area contributed by atoms with Crippen molar-refractivity contribution in [2.75, 3.05) is 26.7 Å². The van der Waals surface area contributed by atoms with Crippen LogP contribution in [0.5, 0.6) is 0 Å². The van der Waals surface area contributed by atoms with Crippen LogP contribution in [0.2, 0.25) is 0 Å². The smallest absolute Gasteiger partial charge is 0.247 e. The molecular weight excluding hydrogens is 266 g/mol. The van der Waals surface area contributed by atoms with Crippen LogP contribution >= 0.6 is 0 Å². The second kappa shape index (κ2) is 7.36. The standard InChI is InChI=1S/C16H29N3O2/c1-4-13(5-2)19-15(20)10-14(16(19)21)17-11-12-6-8-18(3)9-7-12/h12-14,17H,4-11H2,1-3H3. The first-order valence-electron chi connectivity index (χ1n) is 8.34.